The quantitative estimate of drug-likeness (QED) is 0.111. The molecule has 0 aliphatic carbocycles. The van der Waals surface area contributed by atoms with Gasteiger partial charge in [0.15, 0.2) is 6.29 Å². The van der Waals surface area contributed by atoms with Crippen LogP contribution in [0.2, 0.25) is 0 Å². The van der Waals surface area contributed by atoms with Crippen molar-refractivity contribution in [2.24, 2.45) is 11.0 Å². The molecule has 2 heterocycles. The molecule has 15 nitrogen and oxygen atoms in total. The lowest BCUT2D eigenvalue weighted by Crippen LogP contribution is -2.65. The minimum atomic E-state index is -1.65. The highest BCUT2D eigenvalue weighted by atomic mass is 16.7. The van der Waals surface area contributed by atoms with Crippen molar-refractivity contribution >= 4 is 0 Å². The summed E-state index contributed by atoms with van der Waals surface area (Å²) in [6.07, 6.45) is -13.0. The summed E-state index contributed by atoms with van der Waals surface area (Å²) in [6.45, 7) is 0.574. The van der Waals surface area contributed by atoms with Crippen LogP contribution in [0.25, 0.3) is 0 Å². The molecule has 2 fully saturated rings. The summed E-state index contributed by atoms with van der Waals surface area (Å²) >= 11 is 0. The van der Waals surface area contributed by atoms with Crippen LogP contribution in [0.3, 0.4) is 0 Å². The number of rotatable bonds is 9. The smallest absolute Gasteiger partial charge is 0.187 e. The summed E-state index contributed by atoms with van der Waals surface area (Å²) in [5, 5.41) is 76.4. The summed E-state index contributed by atoms with van der Waals surface area (Å²) < 4.78 is 21.9. The first kappa shape index (κ1) is 25.9. The Balaban J connectivity index is 2.21. The number of nitrogens with two attached hydrogens (primary N) is 1. The van der Waals surface area contributed by atoms with Crippen LogP contribution in [-0.4, -0.2) is 130 Å². The average Bonchev–Trinajstić information content (AvgIpc) is 2.76. The van der Waals surface area contributed by atoms with Crippen LogP contribution in [0, 0.1) is 10.4 Å². The Labute approximate surface area is 178 Å². The Bertz CT molecular complexity index is 586. The number of hydrogen-bond acceptors (Lipinski definition) is 13. The second kappa shape index (κ2) is 11.5. The van der Waals surface area contributed by atoms with Crippen molar-refractivity contribution in [1.29, 1.82) is 0 Å². The van der Waals surface area contributed by atoms with Gasteiger partial charge in [-0.15, -0.1) is 5.01 Å². The Hall–Kier alpha value is -1.40. The van der Waals surface area contributed by atoms with Crippen molar-refractivity contribution in [3.05, 3.63) is 10.4 Å². The first-order valence-electron chi connectivity index (χ1n) is 9.77. The largest absolute Gasteiger partial charge is 0.737 e. The maximum absolute atomic E-state index is 11.7. The van der Waals surface area contributed by atoms with Gasteiger partial charge in [0.2, 0.25) is 0 Å². The number of hydrogen-bond donors (Lipinski definition) is 6. The van der Waals surface area contributed by atoms with Gasteiger partial charge in [-0.25, -0.2) is 0 Å². The zero-order valence-corrected chi connectivity index (χ0v) is 17.2. The molecule has 0 aromatic carbocycles. The summed E-state index contributed by atoms with van der Waals surface area (Å²) in [5.74, 6) is 0. The van der Waals surface area contributed by atoms with E-state index in [0.29, 0.717) is 0 Å². The molecule has 10 atom stereocenters. The van der Waals surface area contributed by atoms with Crippen molar-refractivity contribution in [2.45, 2.75) is 68.1 Å². The van der Waals surface area contributed by atoms with Crippen LogP contribution >= 0.6 is 0 Å². The van der Waals surface area contributed by atoms with Gasteiger partial charge >= 0.3 is 0 Å². The molecule has 7 N–H and O–H groups in total. The lowest BCUT2D eigenvalue weighted by molar-refractivity contribution is -0.692. The monoisotopic (exact) mass is 455 g/mol. The SMILES string of the molecule is COC1[C@@H](CN(CCN)/[N+]([O-])=N/[O-])O[C@H](OC2[C@@H](CO)O[C@H](C)[C@H](O)[C@H]2O)[C@H](O)[C@H]1O. The number of nitrogens with zero attached hydrogens (tertiary/aromatic N) is 3. The highest BCUT2D eigenvalue weighted by molar-refractivity contribution is 4.95. The van der Waals surface area contributed by atoms with Gasteiger partial charge in [0.05, 0.1) is 19.3 Å². The third kappa shape index (κ3) is 5.70. The topological polar surface area (TPSA) is 229 Å². The second-order valence-corrected chi connectivity index (χ2v) is 7.40. The van der Waals surface area contributed by atoms with E-state index < -0.39 is 67.8 Å². The molecule has 182 valence electrons. The van der Waals surface area contributed by atoms with E-state index in [9.17, 15) is 35.9 Å². The molecule has 2 aliphatic rings. The van der Waals surface area contributed by atoms with E-state index in [2.05, 4.69) is 5.28 Å². The van der Waals surface area contributed by atoms with Crippen molar-refractivity contribution in [1.82, 2.24) is 5.01 Å². The van der Waals surface area contributed by atoms with Crippen molar-refractivity contribution in [2.75, 3.05) is 33.4 Å². The minimum absolute atomic E-state index is 0.00357. The van der Waals surface area contributed by atoms with Crippen molar-refractivity contribution in [3.8, 4) is 0 Å². The van der Waals surface area contributed by atoms with Crippen LogP contribution in [0.15, 0.2) is 5.28 Å². The average molecular weight is 455 g/mol. The summed E-state index contributed by atoms with van der Waals surface area (Å²) in [6, 6.07) is 0. The highest BCUT2D eigenvalue weighted by Gasteiger charge is 2.50. The number of ether oxygens (including phenoxy) is 4. The van der Waals surface area contributed by atoms with E-state index in [4.69, 9.17) is 24.7 Å². The standard InChI is InChI=1S/C16H32N4O11/c1-7-10(22)11(23)15(9(6-21)29-7)31-16-13(25)12(24)14(28-2)8(30-16)5-19(4-3-17)20(27)18-26/h7-16,21-26H,3-6,17H2,1-2H3/p-1/b20-18-/t7-,8-,9-,10+,11-,12-,13-,14?,15?,16-/m1/s1. The zero-order valence-electron chi connectivity index (χ0n) is 17.2. The van der Waals surface area contributed by atoms with E-state index in [1.807, 2.05) is 0 Å². The molecule has 2 unspecified atom stereocenters. The molecule has 0 saturated carbocycles. The fraction of sp³-hybridized carbons (Fsp3) is 1.00. The Kier molecular flexibility index (Phi) is 9.56. The predicted molar refractivity (Wildman–Crippen MR) is 99.8 cm³/mol. The molecular formula is C16H31N4O11-. The highest BCUT2D eigenvalue weighted by Crippen LogP contribution is 2.30. The minimum Gasteiger partial charge on any atom is -0.737 e. The normalized spacial score (nSPS) is 41.9. The zero-order chi connectivity index (χ0) is 23.3. The third-order valence-corrected chi connectivity index (χ3v) is 5.40. The molecule has 15 heteroatoms. The van der Waals surface area contributed by atoms with E-state index in [-0.39, 0.29) is 24.6 Å². The lowest BCUT2D eigenvalue weighted by Gasteiger charge is -2.46. The third-order valence-electron chi connectivity index (χ3n) is 5.40. The van der Waals surface area contributed by atoms with Crippen LogP contribution in [0.5, 0.6) is 0 Å². The van der Waals surface area contributed by atoms with Gasteiger partial charge in [0.1, 0.15) is 55.4 Å². The molecule has 0 spiro atoms. The molecule has 0 aromatic heterocycles. The molecular weight excluding hydrogens is 424 g/mol. The van der Waals surface area contributed by atoms with Crippen LogP contribution in [0.1, 0.15) is 6.92 Å². The van der Waals surface area contributed by atoms with Crippen molar-refractivity contribution in [3.63, 3.8) is 0 Å². The van der Waals surface area contributed by atoms with Gasteiger partial charge in [0.25, 0.3) is 0 Å². The predicted octanol–water partition coefficient (Wildman–Crippen LogP) is -4.03. The first-order chi connectivity index (χ1) is 14.7. The van der Waals surface area contributed by atoms with Gasteiger partial charge in [0, 0.05) is 18.6 Å². The van der Waals surface area contributed by atoms with E-state index in [0.717, 1.165) is 5.01 Å². The van der Waals surface area contributed by atoms with Gasteiger partial charge in [-0.1, -0.05) is 0 Å². The fourth-order valence-corrected chi connectivity index (χ4v) is 3.71. The van der Waals surface area contributed by atoms with Gasteiger partial charge in [-0.2, -0.15) is 0 Å². The number of aliphatic hydroxyl groups excluding tert-OH is 5. The van der Waals surface area contributed by atoms with E-state index in [1.165, 1.54) is 14.0 Å². The fourth-order valence-electron chi connectivity index (χ4n) is 3.71. The summed E-state index contributed by atoms with van der Waals surface area (Å²) in [7, 11) is 1.25. The Morgan fingerprint density at radius 2 is 1.71 bits per heavy atom. The van der Waals surface area contributed by atoms with Crippen molar-refractivity contribution < 1.29 is 49.4 Å². The Morgan fingerprint density at radius 1 is 1.06 bits per heavy atom. The molecule has 2 rings (SSSR count). The van der Waals surface area contributed by atoms with Gasteiger partial charge in [-0.3, -0.25) is 0 Å². The molecule has 2 aliphatic heterocycles. The molecule has 31 heavy (non-hydrogen) atoms. The molecule has 2 saturated heterocycles. The second-order valence-electron chi connectivity index (χ2n) is 7.40. The Morgan fingerprint density at radius 3 is 2.26 bits per heavy atom. The molecule has 0 bridgehead atoms. The molecule has 0 radical (unpaired) electrons. The maximum Gasteiger partial charge on any atom is 0.187 e. The first-order valence-corrected chi connectivity index (χ1v) is 9.77. The van der Waals surface area contributed by atoms with E-state index >= 15 is 0 Å². The van der Waals surface area contributed by atoms with Gasteiger partial charge < -0.3 is 60.6 Å². The maximum atomic E-state index is 11.7. The molecule has 0 aromatic rings. The van der Waals surface area contributed by atoms with E-state index in [1.54, 1.807) is 0 Å². The van der Waals surface area contributed by atoms with Crippen LogP contribution in [0.4, 0.5) is 0 Å². The lowest BCUT2D eigenvalue weighted by atomic mass is 9.94. The number of aliphatic hydroxyl groups is 5. The number of methoxy groups -OCH3 is 1. The number of hydrazine groups is 1. The van der Waals surface area contributed by atoms with Crippen LogP contribution in [-0.2, 0) is 18.9 Å². The van der Waals surface area contributed by atoms with Crippen LogP contribution < -0.4 is 5.73 Å². The summed E-state index contributed by atoms with van der Waals surface area (Å²) in [4.78, 5) is -0.228. The summed E-state index contributed by atoms with van der Waals surface area (Å²) in [5.41, 5.74) is 5.44. The molecule has 0 amide bonds. The van der Waals surface area contributed by atoms with Gasteiger partial charge in [-0.05, 0) is 12.2 Å².